The maximum absolute atomic E-state index is 5.07. The first-order chi connectivity index (χ1) is 6.06. The van der Waals surface area contributed by atoms with E-state index in [0.29, 0.717) is 6.04 Å². The maximum Gasteiger partial charge on any atom is 0.166 e. The van der Waals surface area contributed by atoms with Crippen LogP contribution in [0.1, 0.15) is 20.3 Å². The minimum absolute atomic E-state index is 0.439. The molecule has 0 aromatic carbocycles. The predicted molar refractivity (Wildman–Crippen MR) is 62.0 cm³/mol. The number of thiocarbonyl (C=S) groups is 1. The van der Waals surface area contributed by atoms with Gasteiger partial charge in [0.2, 0.25) is 0 Å². The number of rotatable bonds is 5. The summed E-state index contributed by atoms with van der Waals surface area (Å²) < 4.78 is 0. The summed E-state index contributed by atoms with van der Waals surface area (Å²) in [5, 5.41) is 7.06. The highest BCUT2D eigenvalue weighted by Gasteiger charge is 2.03. The second-order valence-electron chi connectivity index (χ2n) is 3.50. The fraction of sp³-hybridized carbons (Fsp3) is 0.889. The van der Waals surface area contributed by atoms with E-state index in [9.17, 15) is 0 Å². The Bertz CT molecular complexity index is 148. The van der Waals surface area contributed by atoms with Crippen LogP contribution >= 0.6 is 12.2 Å². The summed E-state index contributed by atoms with van der Waals surface area (Å²) >= 11 is 5.07. The molecular formula is C9H21N3S. The molecule has 78 valence electrons. The lowest BCUT2D eigenvalue weighted by molar-refractivity contribution is 0.378. The monoisotopic (exact) mass is 203 g/mol. The topological polar surface area (TPSA) is 27.3 Å². The van der Waals surface area contributed by atoms with Gasteiger partial charge in [0.15, 0.2) is 5.11 Å². The van der Waals surface area contributed by atoms with Gasteiger partial charge < -0.3 is 15.5 Å². The van der Waals surface area contributed by atoms with Gasteiger partial charge in [0.1, 0.15) is 0 Å². The summed E-state index contributed by atoms with van der Waals surface area (Å²) in [7, 11) is 4.16. The van der Waals surface area contributed by atoms with Crippen molar-refractivity contribution in [3.8, 4) is 0 Å². The molecule has 0 rings (SSSR count). The van der Waals surface area contributed by atoms with Crippen LogP contribution < -0.4 is 10.6 Å². The van der Waals surface area contributed by atoms with Crippen molar-refractivity contribution in [3.05, 3.63) is 0 Å². The average Bonchev–Trinajstić information content (AvgIpc) is 2.01. The lowest BCUT2D eigenvalue weighted by Crippen LogP contribution is -2.41. The van der Waals surface area contributed by atoms with Gasteiger partial charge in [0, 0.05) is 12.6 Å². The fourth-order valence-corrected chi connectivity index (χ4v) is 1.30. The Morgan fingerprint density at radius 3 is 2.54 bits per heavy atom. The Kier molecular flexibility index (Phi) is 6.90. The van der Waals surface area contributed by atoms with Crippen molar-refractivity contribution in [1.82, 2.24) is 15.5 Å². The van der Waals surface area contributed by atoms with Crippen molar-refractivity contribution in [3.63, 3.8) is 0 Å². The van der Waals surface area contributed by atoms with Crippen molar-refractivity contribution in [2.45, 2.75) is 26.3 Å². The molecule has 2 N–H and O–H groups in total. The third-order valence-electron chi connectivity index (χ3n) is 1.72. The molecule has 0 saturated carbocycles. The Balaban J connectivity index is 3.49. The third-order valence-corrected chi connectivity index (χ3v) is 1.99. The van der Waals surface area contributed by atoms with Gasteiger partial charge in [0.05, 0.1) is 0 Å². The Labute approximate surface area is 86.9 Å². The Morgan fingerprint density at radius 2 is 2.08 bits per heavy atom. The van der Waals surface area contributed by atoms with E-state index in [1.54, 1.807) is 0 Å². The molecule has 0 fully saturated rings. The average molecular weight is 203 g/mol. The maximum atomic E-state index is 5.07. The van der Waals surface area contributed by atoms with Crippen LogP contribution in [0, 0.1) is 0 Å². The van der Waals surface area contributed by atoms with E-state index in [2.05, 4.69) is 36.6 Å². The highest BCUT2D eigenvalue weighted by atomic mass is 32.1. The molecule has 0 amide bonds. The van der Waals surface area contributed by atoms with Gasteiger partial charge in [-0.2, -0.15) is 0 Å². The standard InChI is InChI=1S/C9H21N3S/c1-5-10-9(13)11-8(2)6-7-12(3)4/h8H,5-7H2,1-4H3,(H2,10,11,13). The van der Waals surface area contributed by atoms with Gasteiger partial charge in [-0.25, -0.2) is 0 Å². The van der Waals surface area contributed by atoms with E-state index in [-0.39, 0.29) is 0 Å². The summed E-state index contributed by atoms with van der Waals surface area (Å²) in [5.74, 6) is 0. The summed E-state index contributed by atoms with van der Waals surface area (Å²) in [6.07, 6.45) is 1.11. The third kappa shape index (κ3) is 7.99. The molecule has 0 heterocycles. The van der Waals surface area contributed by atoms with Gasteiger partial charge in [-0.15, -0.1) is 0 Å². The van der Waals surface area contributed by atoms with Crippen molar-refractivity contribution in [2.75, 3.05) is 27.2 Å². The number of nitrogens with zero attached hydrogens (tertiary/aromatic N) is 1. The molecule has 1 unspecified atom stereocenters. The SMILES string of the molecule is CCNC(=S)NC(C)CCN(C)C. The lowest BCUT2D eigenvalue weighted by atomic mass is 10.2. The second-order valence-corrected chi connectivity index (χ2v) is 3.91. The molecule has 0 aliphatic carbocycles. The fourth-order valence-electron chi connectivity index (χ4n) is 0.959. The highest BCUT2D eigenvalue weighted by molar-refractivity contribution is 7.80. The summed E-state index contributed by atoms with van der Waals surface area (Å²) in [6, 6.07) is 0.439. The minimum Gasteiger partial charge on any atom is -0.363 e. The summed E-state index contributed by atoms with van der Waals surface area (Å²) in [4.78, 5) is 2.18. The van der Waals surface area contributed by atoms with Crippen molar-refractivity contribution in [1.29, 1.82) is 0 Å². The first-order valence-electron chi connectivity index (χ1n) is 4.75. The van der Waals surface area contributed by atoms with E-state index in [4.69, 9.17) is 12.2 Å². The molecule has 0 aromatic heterocycles. The molecule has 0 spiro atoms. The molecule has 3 nitrogen and oxygen atoms in total. The summed E-state index contributed by atoms with van der Waals surface area (Å²) in [6.45, 7) is 6.15. The number of nitrogens with one attached hydrogen (secondary N) is 2. The molecule has 0 saturated heterocycles. The quantitative estimate of drug-likeness (QED) is 0.647. The predicted octanol–water partition coefficient (Wildman–Crippen LogP) is 0.811. The molecule has 1 atom stereocenters. The second kappa shape index (κ2) is 7.09. The van der Waals surface area contributed by atoms with Crippen LogP contribution in [0.25, 0.3) is 0 Å². The van der Waals surface area contributed by atoms with Gasteiger partial charge in [-0.3, -0.25) is 0 Å². The number of hydrogen-bond acceptors (Lipinski definition) is 2. The van der Waals surface area contributed by atoms with Crippen LogP contribution in [0.3, 0.4) is 0 Å². The largest absolute Gasteiger partial charge is 0.363 e. The normalized spacial score (nSPS) is 12.7. The molecule has 13 heavy (non-hydrogen) atoms. The van der Waals surface area contributed by atoms with Crippen LogP contribution in [0.4, 0.5) is 0 Å². The first kappa shape index (κ1) is 12.7. The van der Waals surface area contributed by atoms with Crippen LogP contribution in [-0.2, 0) is 0 Å². The van der Waals surface area contributed by atoms with Gasteiger partial charge in [-0.05, 0) is 53.1 Å². The smallest absolute Gasteiger partial charge is 0.166 e. The molecule has 0 aliphatic rings. The van der Waals surface area contributed by atoms with E-state index in [0.717, 1.165) is 24.6 Å². The van der Waals surface area contributed by atoms with Gasteiger partial charge in [0.25, 0.3) is 0 Å². The van der Waals surface area contributed by atoms with E-state index >= 15 is 0 Å². The first-order valence-corrected chi connectivity index (χ1v) is 5.16. The zero-order valence-electron chi connectivity index (χ0n) is 9.05. The Hall–Kier alpha value is -0.350. The van der Waals surface area contributed by atoms with Gasteiger partial charge >= 0.3 is 0 Å². The molecule has 0 aromatic rings. The molecular weight excluding hydrogens is 182 g/mol. The van der Waals surface area contributed by atoms with Crippen LogP contribution in [0.5, 0.6) is 0 Å². The zero-order valence-corrected chi connectivity index (χ0v) is 9.87. The molecule has 0 aliphatic heterocycles. The minimum atomic E-state index is 0.439. The van der Waals surface area contributed by atoms with E-state index in [1.807, 2.05) is 6.92 Å². The molecule has 4 heteroatoms. The zero-order chi connectivity index (χ0) is 10.3. The van der Waals surface area contributed by atoms with Crippen LogP contribution in [0.2, 0.25) is 0 Å². The van der Waals surface area contributed by atoms with Crippen molar-refractivity contribution >= 4 is 17.3 Å². The number of hydrogen-bond donors (Lipinski definition) is 2. The van der Waals surface area contributed by atoms with Crippen molar-refractivity contribution < 1.29 is 0 Å². The van der Waals surface area contributed by atoms with Crippen LogP contribution in [0.15, 0.2) is 0 Å². The molecule has 0 bridgehead atoms. The lowest BCUT2D eigenvalue weighted by Gasteiger charge is -2.18. The summed E-state index contributed by atoms with van der Waals surface area (Å²) in [5.41, 5.74) is 0. The van der Waals surface area contributed by atoms with Crippen molar-refractivity contribution in [2.24, 2.45) is 0 Å². The van der Waals surface area contributed by atoms with Gasteiger partial charge in [-0.1, -0.05) is 0 Å². The van der Waals surface area contributed by atoms with E-state index < -0.39 is 0 Å². The highest BCUT2D eigenvalue weighted by Crippen LogP contribution is 1.91. The Morgan fingerprint density at radius 1 is 1.46 bits per heavy atom. The van der Waals surface area contributed by atoms with E-state index in [1.165, 1.54) is 0 Å². The van der Waals surface area contributed by atoms with Crippen LogP contribution in [-0.4, -0.2) is 43.2 Å². The molecule has 0 radical (unpaired) electrons.